The first kappa shape index (κ1) is 8.53. The fourth-order valence-corrected chi connectivity index (χ4v) is 0.757. The van der Waals surface area contributed by atoms with Gasteiger partial charge < -0.3 is 4.42 Å². The van der Waals surface area contributed by atoms with Crippen LogP contribution in [0.5, 0.6) is 0 Å². The molecule has 0 saturated carbocycles. The SMILES string of the molecule is CC=CC=Cc1cccc(=O)o1. The molecule has 12 heavy (non-hydrogen) atoms. The van der Waals surface area contributed by atoms with Gasteiger partial charge in [0.25, 0.3) is 0 Å². The normalized spacial score (nSPS) is 11.4. The predicted octanol–water partition coefficient (Wildman–Crippen LogP) is 2.23. The fourth-order valence-electron chi connectivity index (χ4n) is 0.757. The summed E-state index contributed by atoms with van der Waals surface area (Å²) in [6.07, 6.45) is 7.32. The molecule has 0 spiro atoms. The average Bonchev–Trinajstić information content (AvgIpc) is 2.05. The second-order valence-electron chi connectivity index (χ2n) is 2.23. The molecule has 0 aliphatic heterocycles. The Morgan fingerprint density at radius 1 is 1.33 bits per heavy atom. The Labute approximate surface area is 70.8 Å². The van der Waals surface area contributed by atoms with Crippen molar-refractivity contribution in [3.8, 4) is 0 Å². The van der Waals surface area contributed by atoms with Gasteiger partial charge in [-0.1, -0.05) is 24.3 Å². The van der Waals surface area contributed by atoms with E-state index >= 15 is 0 Å². The van der Waals surface area contributed by atoms with Crippen molar-refractivity contribution in [2.75, 3.05) is 0 Å². The first-order chi connectivity index (χ1) is 5.83. The van der Waals surface area contributed by atoms with Crippen LogP contribution in [0.1, 0.15) is 12.7 Å². The van der Waals surface area contributed by atoms with E-state index in [0.29, 0.717) is 5.76 Å². The van der Waals surface area contributed by atoms with E-state index < -0.39 is 0 Å². The van der Waals surface area contributed by atoms with Gasteiger partial charge in [0, 0.05) is 6.07 Å². The summed E-state index contributed by atoms with van der Waals surface area (Å²) in [5.74, 6) is 0.570. The molecule has 0 saturated heterocycles. The molecule has 0 amide bonds. The smallest absolute Gasteiger partial charge is 0.336 e. The summed E-state index contributed by atoms with van der Waals surface area (Å²) >= 11 is 0. The van der Waals surface area contributed by atoms with Crippen molar-refractivity contribution in [2.24, 2.45) is 0 Å². The van der Waals surface area contributed by atoms with Crippen LogP contribution >= 0.6 is 0 Å². The monoisotopic (exact) mass is 162 g/mol. The first-order valence-electron chi connectivity index (χ1n) is 3.72. The second-order valence-corrected chi connectivity index (χ2v) is 2.23. The third kappa shape index (κ3) is 2.58. The summed E-state index contributed by atoms with van der Waals surface area (Å²) in [7, 11) is 0. The Bertz CT molecular complexity index is 345. The average molecular weight is 162 g/mol. The molecule has 0 aliphatic rings. The molecule has 2 nitrogen and oxygen atoms in total. The van der Waals surface area contributed by atoms with E-state index in [0.717, 1.165) is 0 Å². The first-order valence-corrected chi connectivity index (χ1v) is 3.72. The van der Waals surface area contributed by atoms with Crippen LogP contribution in [0, 0.1) is 0 Å². The molecule has 1 aromatic heterocycles. The summed E-state index contributed by atoms with van der Waals surface area (Å²) in [4.78, 5) is 10.7. The zero-order chi connectivity index (χ0) is 8.81. The van der Waals surface area contributed by atoms with Crippen LogP contribution in [-0.2, 0) is 0 Å². The van der Waals surface area contributed by atoms with E-state index in [1.165, 1.54) is 6.07 Å². The van der Waals surface area contributed by atoms with Gasteiger partial charge in [0.2, 0.25) is 0 Å². The highest BCUT2D eigenvalue weighted by molar-refractivity contribution is 5.44. The third-order valence-corrected chi connectivity index (χ3v) is 1.28. The highest BCUT2D eigenvalue weighted by atomic mass is 16.4. The summed E-state index contributed by atoms with van der Waals surface area (Å²) in [5.41, 5.74) is -0.322. The lowest BCUT2D eigenvalue weighted by molar-refractivity contribution is 0.501. The standard InChI is InChI=1S/C10H10O2/c1-2-3-4-6-9-7-5-8-10(11)12-9/h2-8H,1H3. The van der Waals surface area contributed by atoms with Crippen molar-refractivity contribution < 1.29 is 4.42 Å². The Kier molecular flexibility index (Phi) is 3.08. The van der Waals surface area contributed by atoms with Crippen LogP contribution in [0.25, 0.3) is 6.08 Å². The van der Waals surface area contributed by atoms with Crippen molar-refractivity contribution in [3.05, 3.63) is 52.6 Å². The molecular formula is C10H10O2. The molecule has 0 aliphatic carbocycles. The molecule has 62 valence electrons. The van der Waals surface area contributed by atoms with Crippen molar-refractivity contribution >= 4 is 6.08 Å². The van der Waals surface area contributed by atoms with Gasteiger partial charge in [0.1, 0.15) is 5.76 Å². The fraction of sp³-hybridized carbons (Fsp3) is 0.100. The highest BCUT2D eigenvalue weighted by Crippen LogP contribution is 1.97. The van der Waals surface area contributed by atoms with Gasteiger partial charge >= 0.3 is 5.63 Å². The van der Waals surface area contributed by atoms with Gasteiger partial charge in [0.15, 0.2) is 0 Å². The third-order valence-electron chi connectivity index (χ3n) is 1.28. The zero-order valence-corrected chi connectivity index (χ0v) is 6.86. The lowest BCUT2D eigenvalue weighted by atomic mass is 10.3. The van der Waals surface area contributed by atoms with Crippen LogP contribution in [0.2, 0.25) is 0 Å². The maximum Gasteiger partial charge on any atom is 0.336 e. The van der Waals surface area contributed by atoms with E-state index in [9.17, 15) is 4.79 Å². The van der Waals surface area contributed by atoms with E-state index in [1.807, 2.05) is 25.2 Å². The number of allylic oxidation sites excluding steroid dienone is 3. The molecule has 2 heteroatoms. The van der Waals surface area contributed by atoms with E-state index in [4.69, 9.17) is 4.42 Å². The molecule has 0 fully saturated rings. The lowest BCUT2D eigenvalue weighted by Crippen LogP contribution is -1.94. The van der Waals surface area contributed by atoms with Crippen LogP contribution in [0.3, 0.4) is 0 Å². The maximum atomic E-state index is 10.7. The van der Waals surface area contributed by atoms with E-state index in [2.05, 4.69) is 0 Å². The molecule has 0 unspecified atom stereocenters. The van der Waals surface area contributed by atoms with Crippen molar-refractivity contribution in [2.45, 2.75) is 6.92 Å². The molecule has 0 N–H and O–H groups in total. The minimum absolute atomic E-state index is 0.322. The van der Waals surface area contributed by atoms with Gasteiger partial charge in [-0.25, -0.2) is 4.79 Å². The van der Waals surface area contributed by atoms with Crippen LogP contribution in [0.4, 0.5) is 0 Å². The van der Waals surface area contributed by atoms with Gasteiger partial charge in [0.05, 0.1) is 0 Å². The molecule has 0 atom stereocenters. The zero-order valence-electron chi connectivity index (χ0n) is 6.86. The number of rotatable bonds is 2. The molecule has 0 bridgehead atoms. The Morgan fingerprint density at radius 3 is 2.83 bits per heavy atom. The van der Waals surface area contributed by atoms with Crippen molar-refractivity contribution in [1.29, 1.82) is 0 Å². The van der Waals surface area contributed by atoms with Crippen molar-refractivity contribution in [1.82, 2.24) is 0 Å². The molecule has 1 aromatic rings. The predicted molar refractivity (Wildman–Crippen MR) is 48.8 cm³/mol. The van der Waals surface area contributed by atoms with Gasteiger partial charge in [-0.05, 0) is 19.1 Å². The van der Waals surface area contributed by atoms with E-state index in [-0.39, 0.29) is 5.63 Å². The largest absolute Gasteiger partial charge is 0.423 e. The summed E-state index contributed by atoms with van der Waals surface area (Å²) in [5, 5.41) is 0. The minimum Gasteiger partial charge on any atom is -0.423 e. The highest BCUT2D eigenvalue weighted by Gasteiger charge is 1.87. The van der Waals surface area contributed by atoms with Crippen molar-refractivity contribution in [3.63, 3.8) is 0 Å². The Balaban J connectivity index is 2.83. The van der Waals surface area contributed by atoms with Crippen LogP contribution < -0.4 is 5.63 Å². The Hall–Kier alpha value is -1.57. The number of hydrogen-bond donors (Lipinski definition) is 0. The second kappa shape index (κ2) is 4.34. The quantitative estimate of drug-likeness (QED) is 0.624. The maximum absolute atomic E-state index is 10.7. The van der Waals surface area contributed by atoms with Crippen LogP contribution in [0.15, 0.2) is 45.6 Å². The topological polar surface area (TPSA) is 30.2 Å². The van der Waals surface area contributed by atoms with Gasteiger partial charge in [-0.15, -0.1) is 0 Å². The molecule has 0 radical (unpaired) electrons. The van der Waals surface area contributed by atoms with Crippen LogP contribution in [-0.4, -0.2) is 0 Å². The summed E-state index contributed by atoms with van der Waals surface area (Å²) in [6, 6.07) is 4.79. The van der Waals surface area contributed by atoms with E-state index in [1.54, 1.807) is 18.2 Å². The lowest BCUT2D eigenvalue weighted by Gasteiger charge is -1.87. The van der Waals surface area contributed by atoms with Gasteiger partial charge in [-0.3, -0.25) is 0 Å². The summed E-state index contributed by atoms with van der Waals surface area (Å²) in [6.45, 7) is 1.92. The molecule has 1 rings (SSSR count). The summed E-state index contributed by atoms with van der Waals surface area (Å²) < 4.78 is 4.85. The Morgan fingerprint density at radius 2 is 2.17 bits per heavy atom. The molecule has 0 aromatic carbocycles. The van der Waals surface area contributed by atoms with Gasteiger partial charge in [-0.2, -0.15) is 0 Å². The molecular weight excluding hydrogens is 152 g/mol. The number of hydrogen-bond acceptors (Lipinski definition) is 2. The minimum atomic E-state index is -0.322. The molecule has 1 heterocycles.